The van der Waals surface area contributed by atoms with E-state index in [0.717, 1.165) is 25.1 Å². The summed E-state index contributed by atoms with van der Waals surface area (Å²) in [5.41, 5.74) is 6.85. The highest BCUT2D eigenvalue weighted by Gasteiger charge is 2.21. The molecule has 70 valence electrons. The molecule has 0 amide bonds. The van der Waals surface area contributed by atoms with E-state index >= 15 is 0 Å². The molecule has 2 unspecified atom stereocenters. The van der Waals surface area contributed by atoms with Gasteiger partial charge in [0.05, 0.1) is 5.69 Å². The van der Waals surface area contributed by atoms with Crippen LogP contribution in [0.15, 0.2) is 24.4 Å². The maximum Gasteiger partial charge on any atom is 0.101 e. The molecule has 1 aliphatic heterocycles. The van der Waals surface area contributed by atoms with Gasteiger partial charge in [0.25, 0.3) is 0 Å². The van der Waals surface area contributed by atoms with Crippen molar-refractivity contribution in [3.8, 4) is 0 Å². The molecule has 2 heterocycles. The maximum atomic E-state index is 5.85. The van der Waals surface area contributed by atoms with Crippen molar-refractivity contribution in [1.29, 1.82) is 0 Å². The number of hydrogen-bond acceptors (Lipinski definition) is 3. The van der Waals surface area contributed by atoms with Crippen LogP contribution in [0, 0.1) is 0 Å². The Morgan fingerprint density at radius 2 is 2.38 bits per heavy atom. The smallest absolute Gasteiger partial charge is 0.101 e. The van der Waals surface area contributed by atoms with Gasteiger partial charge < -0.3 is 10.5 Å². The summed E-state index contributed by atoms with van der Waals surface area (Å²) in [6.45, 7) is 0.752. The lowest BCUT2D eigenvalue weighted by Crippen LogP contribution is -2.30. The van der Waals surface area contributed by atoms with Gasteiger partial charge >= 0.3 is 0 Å². The van der Waals surface area contributed by atoms with Gasteiger partial charge in [-0.05, 0) is 25.0 Å². The summed E-state index contributed by atoms with van der Waals surface area (Å²) in [7, 11) is 0. The molecule has 1 aromatic rings. The second-order valence-electron chi connectivity index (χ2n) is 3.40. The third-order valence-corrected chi connectivity index (χ3v) is 2.34. The summed E-state index contributed by atoms with van der Waals surface area (Å²) in [5, 5.41) is 0. The van der Waals surface area contributed by atoms with Crippen LogP contribution >= 0.6 is 0 Å². The van der Waals surface area contributed by atoms with Crippen LogP contribution in [-0.2, 0) is 4.74 Å². The number of nitrogens with two attached hydrogens (primary N) is 1. The first-order chi connectivity index (χ1) is 6.36. The normalized spacial score (nSPS) is 28.7. The minimum Gasteiger partial charge on any atom is -0.372 e. The molecular formula is C10H14N2O. The Labute approximate surface area is 77.9 Å². The minimum atomic E-state index is 0.102. The lowest BCUT2D eigenvalue weighted by atomic mass is 10.0. The fraction of sp³-hybridized carbons (Fsp3) is 0.500. The molecule has 1 aromatic heterocycles. The fourth-order valence-electron chi connectivity index (χ4n) is 1.60. The van der Waals surface area contributed by atoms with Crippen LogP contribution in [0.2, 0.25) is 0 Å². The molecule has 0 radical (unpaired) electrons. The summed E-state index contributed by atoms with van der Waals surface area (Å²) in [6.07, 6.45) is 3.74. The summed E-state index contributed by atoms with van der Waals surface area (Å²) in [4.78, 5) is 4.26. The van der Waals surface area contributed by atoms with E-state index in [2.05, 4.69) is 4.98 Å². The third-order valence-electron chi connectivity index (χ3n) is 2.34. The van der Waals surface area contributed by atoms with Gasteiger partial charge in [-0.15, -0.1) is 0 Å². The molecule has 3 heteroatoms. The Morgan fingerprint density at radius 1 is 1.46 bits per heavy atom. The topological polar surface area (TPSA) is 48.1 Å². The molecule has 0 aliphatic carbocycles. The predicted octanol–water partition coefficient (Wildman–Crippen LogP) is 1.26. The zero-order chi connectivity index (χ0) is 9.10. The Morgan fingerprint density at radius 3 is 3.08 bits per heavy atom. The molecule has 1 fully saturated rings. The largest absolute Gasteiger partial charge is 0.372 e. The first-order valence-electron chi connectivity index (χ1n) is 4.64. The first-order valence-corrected chi connectivity index (χ1v) is 4.64. The van der Waals surface area contributed by atoms with Crippen LogP contribution in [0.5, 0.6) is 0 Å². The standard InChI is InChI=1S/C10H14N2O/c11-8-4-6-13-10(7-8)9-3-1-2-5-12-9/h1-3,5,8,10H,4,6-7,11H2. The van der Waals surface area contributed by atoms with Gasteiger partial charge in [0.15, 0.2) is 0 Å². The fourth-order valence-corrected chi connectivity index (χ4v) is 1.60. The van der Waals surface area contributed by atoms with Crippen molar-refractivity contribution in [2.24, 2.45) is 5.73 Å². The van der Waals surface area contributed by atoms with Gasteiger partial charge in [0, 0.05) is 18.8 Å². The average molecular weight is 178 g/mol. The van der Waals surface area contributed by atoms with E-state index in [1.165, 1.54) is 0 Å². The summed E-state index contributed by atoms with van der Waals surface area (Å²) in [6, 6.07) is 6.14. The van der Waals surface area contributed by atoms with Crippen molar-refractivity contribution in [2.75, 3.05) is 6.61 Å². The van der Waals surface area contributed by atoms with Crippen LogP contribution in [0.25, 0.3) is 0 Å². The van der Waals surface area contributed by atoms with E-state index in [1.54, 1.807) is 6.20 Å². The van der Waals surface area contributed by atoms with E-state index in [-0.39, 0.29) is 12.1 Å². The van der Waals surface area contributed by atoms with Crippen molar-refractivity contribution in [3.63, 3.8) is 0 Å². The van der Waals surface area contributed by atoms with E-state index < -0.39 is 0 Å². The molecule has 2 atom stereocenters. The van der Waals surface area contributed by atoms with Crippen molar-refractivity contribution in [1.82, 2.24) is 4.98 Å². The number of nitrogens with zero attached hydrogens (tertiary/aromatic N) is 1. The second-order valence-corrected chi connectivity index (χ2v) is 3.40. The number of hydrogen-bond donors (Lipinski definition) is 1. The second kappa shape index (κ2) is 3.85. The van der Waals surface area contributed by atoms with Crippen molar-refractivity contribution in [3.05, 3.63) is 30.1 Å². The highest BCUT2D eigenvalue weighted by atomic mass is 16.5. The third kappa shape index (κ3) is 2.05. The van der Waals surface area contributed by atoms with Crippen LogP contribution in [0.4, 0.5) is 0 Å². The molecular weight excluding hydrogens is 164 g/mol. The Kier molecular flexibility index (Phi) is 2.57. The van der Waals surface area contributed by atoms with Crippen LogP contribution < -0.4 is 5.73 Å². The molecule has 2 N–H and O–H groups in total. The Hall–Kier alpha value is -0.930. The number of pyridine rings is 1. The zero-order valence-corrected chi connectivity index (χ0v) is 7.52. The van der Waals surface area contributed by atoms with E-state index in [4.69, 9.17) is 10.5 Å². The van der Waals surface area contributed by atoms with Gasteiger partial charge in [0.1, 0.15) is 6.10 Å². The summed E-state index contributed by atoms with van der Waals surface area (Å²) in [5.74, 6) is 0. The van der Waals surface area contributed by atoms with Crippen molar-refractivity contribution < 1.29 is 4.74 Å². The van der Waals surface area contributed by atoms with Crippen LogP contribution in [-0.4, -0.2) is 17.6 Å². The van der Waals surface area contributed by atoms with Crippen molar-refractivity contribution in [2.45, 2.75) is 25.0 Å². The van der Waals surface area contributed by atoms with Gasteiger partial charge in [-0.2, -0.15) is 0 Å². The van der Waals surface area contributed by atoms with Crippen LogP contribution in [0.3, 0.4) is 0 Å². The maximum absolute atomic E-state index is 5.85. The monoisotopic (exact) mass is 178 g/mol. The van der Waals surface area contributed by atoms with E-state index in [9.17, 15) is 0 Å². The molecule has 13 heavy (non-hydrogen) atoms. The number of aromatic nitrogens is 1. The average Bonchev–Trinajstić information content (AvgIpc) is 2.19. The molecule has 0 saturated carbocycles. The van der Waals surface area contributed by atoms with Gasteiger partial charge in [-0.3, -0.25) is 4.98 Å². The number of ether oxygens (including phenoxy) is 1. The highest BCUT2D eigenvalue weighted by Crippen LogP contribution is 2.25. The zero-order valence-electron chi connectivity index (χ0n) is 7.52. The van der Waals surface area contributed by atoms with Crippen molar-refractivity contribution >= 4 is 0 Å². The SMILES string of the molecule is NC1CCOC(c2ccccn2)C1. The predicted molar refractivity (Wildman–Crippen MR) is 50.1 cm³/mol. The molecule has 0 bridgehead atoms. The molecule has 3 nitrogen and oxygen atoms in total. The quantitative estimate of drug-likeness (QED) is 0.704. The minimum absolute atomic E-state index is 0.102. The molecule has 1 saturated heterocycles. The summed E-state index contributed by atoms with van der Waals surface area (Å²) < 4.78 is 5.59. The van der Waals surface area contributed by atoms with E-state index in [1.807, 2.05) is 18.2 Å². The molecule has 2 rings (SSSR count). The first kappa shape index (κ1) is 8.66. The Bertz CT molecular complexity index is 263. The lowest BCUT2D eigenvalue weighted by molar-refractivity contribution is 0.00413. The number of rotatable bonds is 1. The van der Waals surface area contributed by atoms with Gasteiger partial charge in [-0.1, -0.05) is 6.07 Å². The molecule has 0 aromatic carbocycles. The highest BCUT2D eigenvalue weighted by molar-refractivity contribution is 5.07. The lowest BCUT2D eigenvalue weighted by Gasteiger charge is -2.26. The molecule has 1 aliphatic rings. The summed E-state index contributed by atoms with van der Waals surface area (Å²) >= 11 is 0. The van der Waals surface area contributed by atoms with E-state index in [0.29, 0.717) is 0 Å². The molecule has 0 spiro atoms. The van der Waals surface area contributed by atoms with Gasteiger partial charge in [-0.25, -0.2) is 0 Å². The van der Waals surface area contributed by atoms with Gasteiger partial charge in [0.2, 0.25) is 0 Å². The Balaban J connectivity index is 2.08. The van der Waals surface area contributed by atoms with Crippen LogP contribution in [0.1, 0.15) is 24.6 Å².